The number of anilines is 1. The second kappa shape index (κ2) is 6.89. The average molecular weight is 291 g/mol. The summed E-state index contributed by atoms with van der Waals surface area (Å²) >= 11 is 0. The molecule has 1 atom stereocenters. The van der Waals surface area contributed by atoms with E-state index >= 15 is 0 Å². The molecule has 1 heterocycles. The van der Waals surface area contributed by atoms with E-state index in [4.69, 9.17) is 0 Å². The summed E-state index contributed by atoms with van der Waals surface area (Å²) in [5.41, 5.74) is 1.82. The topological polar surface area (TPSA) is 58.4 Å². The molecule has 0 spiro atoms. The smallest absolute Gasteiger partial charge is 0.274 e. The number of nitrogens with zero attached hydrogens (tertiary/aromatic N) is 2. The number of rotatable bonds is 4. The van der Waals surface area contributed by atoms with Crippen LogP contribution in [0.2, 0.25) is 0 Å². The Balaban J connectivity index is 2.05. The molecule has 0 amide bonds. The highest BCUT2D eigenvalue weighted by molar-refractivity contribution is 5.60. The minimum absolute atomic E-state index is 0.192. The molecular weight excluding hydrogens is 266 g/mol. The molecule has 5 nitrogen and oxygen atoms in total. The number of nitrogens with one attached hydrogen (secondary N) is 1. The molecule has 1 aromatic carbocycles. The van der Waals surface area contributed by atoms with Crippen molar-refractivity contribution in [3.63, 3.8) is 0 Å². The van der Waals surface area contributed by atoms with Gasteiger partial charge in [0.25, 0.3) is 5.69 Å². The van der Waals surface area contributed by atoms with Gasteiger partial charge in [-0.1, -0.05) is 6.07 Å². The van der Waals surface area contributed by atoms with E-state index in [1.54, 1.807) is 12.1 Å². The van der Waals surface area contributed by atoms with Gasteiger partial charge in [-0.3, -0.25) is 10.1 Å². The van der Waals surface area contributed by atoms with E-state index in [1.165, 1.54) is 6.42 Å². The van der Waals surface area contributed by atoms with Gasteiger partial charge >= 0.3 is 0 Å². The molecule has 1 unspecified atom stereocenters. The first-order valence-corrected chi connectivity index (χ1v) is 7.73. The SMILES string of the molecule is Cc1c(NC2CCCN(C(C)C)CC2)cccc1[N+](=O)[O-]. The molecule has 1 fully saturated rings. The Bertz CT molecular complexity index is 502. The predicted octanol–water partition coefficient (Wildman–Crippen LogP) is 3.58. The number of nitro benzene ring substituents is 1. The van der Waals surface area contributed by atoms with Crippen LogP contribution in [0.1, 0.15) is 38.7 Å². The zero-order chi connectivity index (χ0) is 15.4. The van der Waals surface area contributed by atoms with Gasteiger partial charge in [0, 0.05) is 35.9 Å². The van der Waals surface area contributed by atoms with E-state index in [1.807, 2.05) is 13.0 Å². The number of hydrogen-bond donors (Lipinski definition) is 1. The Kier molecular flexibility index (Phi) is 5.17. The van der Waals surface area contributed by atoms with E-state index in [-0.39, 0.29) is 10.6 Å². The lowest BCUT2D eigenvalue weighted by atomic mass is 10.1. The monoisotopic (exact) mass is 291 g/mol. The van der Waals surface area contributed by atoms with Gasteiger partial charge < -0.3 is 10.2 Å². The number of hydrogen-bond acceptors (Lipinski definition) is 4. The fourth-order valence-electron chi connectivity index (χ4n) is 2.98. The summed E-state index contributed by atoms with van der Waals surface area (Å²) in [6, 6.07) is 6.24. The minimum atomic E-state index is -0.311. The molecule has 2 rings (SSSR count). The molecule has 0 aliphatic carbocycles. The van der Waals surface area contributed by atoms with Crippen LogP contribution in [0.4, 0.5) is 11.4 Å². The van der Waals surface area contributed by atoms with E-state index in [9.17, 15) is 10.1 Å². The Morgan fingerprint density at radius 3 is 2.76 bits per heavy atom. The van der Waals surface area contributed by atoms with Gasteiger partial charge in [-0.05, 0) is 52.6 Å². The Morgan fingerprint density at radius 2 is 2.10 bits per heavy atom. The van der Waals surface area contributed by atoms with Gasteiger partial charge in [0.1, 0.15) is 0 Å². The maximum absolute atomic E-state index is 11.0. The van der Waals surface area contributed by atoms with Crippen molar-refractivity contribution in [2.45, 2.75) is 52.1 Å². The fourth-order valence-corrected chi connectivity index (χ4v) is 2.98. The third-order valence-electron chi connectivity index (χ3n) is 4.35. The molecule has 21 heavy (non-hydrogen) atoms. The highest BCUT2D eigenvalue weighted by Crippen LogP contribution is 2.27. The van der Waals surface area contributed by atoms with Crippen LogP contribution in [0.5, 0.6) is 0 Å². The second-order valence-electron chi connectivity index (χ2n) is 6.11. The summed E-state index contributed by atoms with van der Waals surface area (Å²) in [6.07, 6.45) is 3.37. The van der Waals surface area contributed by atoms with Crippen molar-refractivity contribution in [3.8, 4) is 0 Å². The maximum Gasteiger partial charge on any atom is 0.274 e. The van der Waals surface area contributed by atoms with E-state index < -0.39 is 0 Å². The maximum atomic E-state index is 11.0. The summed E-state index contributed by atoms with van der Waals surface area (Å²) in [5.74, 6) is 0. The normalized spacial score (nSPS) is 20.3. The first-order chi connectivity index (χ1) is 9.99. The fraction of sp³-hybridized carbons (Fsp3) is 0.625. The molecule has 1 aliphatic rings. The lowest BCUT2D eigenvalue weighted by Crippen LogP contribution is -2.32. The molecule has 0 aromatic heterocycles. The van der Waals surface area contributed by atoms with Crippen molar-refractivity contribution in [2.24, 2.45) is 0 Å². The average Bonchev–Trinajstić information content (AvgIpc) is 2.66. The highest BCUT2D eigenvalue weighted by Gasteiger charge is 2.20. The summed E-state index contributed by atoms with van der Waals surface area (Å²) in [4.78, 5) is 13.2. The van der Waals surface area contributed by atoms with Crippen molar-refractivity contribution >= 4 is 11.4 Å². The van der Waals surface area contributed by atoms with Crippen LogP contribution >= 0.6 is 0 Å². The predicted molar refractivity (Wildman–Crippen MR) is 85.8 cm³/mol. The lowest BCUT2D eigenvalue weighted by molar-refractivity contribution is -0.385. The van der Waals surface area contributed by atoms with Crippen LogP contribution < -0.4 is 5.32 Å². The Labute approximate surface area is 126 Å². The van der Waals surface area contributed by atoms with Gasteiger partial charge in [0.05, 0.1) is 4.92 Å². The molecular formula is C16H25N3O2. The largest absolute Gasteiger partial charge is 0.382 e. The van der Waals surface area contributed by atoms with E-state index in [0.29, 0.717) is 12.1 Å². The molecule has 0 radical (unpaired) electrons. The minimum Gasteiger partial charge on any atom is -0.382 e. The zero-order valence-electron chi connectivity index (χ0n) is 13.1. The second-order valence-corrected chi connectivity index (χ2v) is 6.11. The third kappa shape index (κ3) is 3.94. The quantitative estimate of drug-likeness (QED) is 0.680. The van der Waals surface area contributed by atoms with Gasteiger partial charge in [-0.15, -0.1) is 0 Å². The summed E-state index contributed by atoms with van der Waals surface area (Å²) < 4.78 is 0. The van der Waals surface area contributed by atoms with Crippen LogP contribution in [-0.2, 0) is 0 Å². The van der Waals surface area contributed by atoms with Crippen molar-refractivity contribution in [1.82, 2.24) is 4.90 Å². The lowest BCUT2D eigenvalue weighted by Gasteiger charge is -2.24. The van der Waals surface area contributed by atoms with Gasteiger partial charge in [0.2, 0.25) is 0 Å². The molecule has 1 N–H and O–H groups in total. The molecule has 1 aliphatic heterocycles. The number of benzene rings is 1. The molecule has 5 heteroatoms. The third-order valence-corrected chi connectivity index (χ3v) is 4.35. The molecule has 1 saturated heterocycles. The molecule has 0 saturated carbocycles. The van der Waals surface area contributed by atoms with Crippen molar-refractivity contribution in [3.05, 3.63) is 33.9 Å². The Morgan fingerprint density at radius 1 is 1.33 bits per heavy atom. The van der Waals surface area contributed by atoms with Gasteiger partial charge in [-0.25, -0.2) is 0 Å². The van der Waals surface area contributed by atoms with Gasteiger partial charge in [0.15, 0.2) is 0 Å². The van der Waals surface area contributed by atoms with Crippen LogP contribution in [0.15, 0.2) is 18.2 Å². The van der Waals surface area contributed by atoms with Crippen LogP contribution in [0.25, 0.3) is 0 Å². The highest BCUT2D eigenvalue weighted by atomic mass is 16.6. The Hall–Kier alpha value is -1.62. The number of likely N-dealkylation sites (tertiary alicyclic amines) is 1. The van der Waals surface area contributed by atoms with Crippen LogP contribution in [0.3, 0.4) is 0 Å². The standard InChI is InChI=1S/C16H25N3O2/c1-12(2)18-10-5-6-14(9-11-18)17-15-7-4-8-16(13(15)3)19(20)21/h4,7-8,12,14,17H,5-6,9-11H2,1-3H3. The molecule has 0 bridgehead atoms. The summed E-state index contributed by atoms with van der Waals surface area (Å²) in [7, 11) is 0. The molecule has 1 aromatic rings. The van der Waals surface area contributed by atoms with Crippen LogP contribution in [-0.4, -0.2) is 35.0 Å². The zero-order valence-corrected chi connectivity index (χ0v) is 13.1. The van der Waals surface area contributed by atoms with Crippen molar-refractivity contribution < 1.29 is 4.92 Å². The van der Waals surface area contributed by atoms with Crippen molar-refractivity contribution in [1.29, 1.82) is 0 Å². The van der Waals surface area contributed by atoms with Gasteiger partial charge in [-0.2, -0.15) is 0 Å². The molecule has 116 valence electrons. The van der Waals surface area contributed by atoms with Crippen LogP contribution in [0, 0.1) is 17.0 Å². The first-order valence-electron chi connectivity index (χ1n) is 7.73. The summed E-state index contributed by atoms with van der Waals surface area (Å²) in [6.45, 7) is 8.52. The summed E-state index contributed by atoms with van der Waals surface area (Å²) in [5, 5.41) is 14.5. The van der Waals surface area contributed by atoms with E-state index in [2.05, 4.69) is 24.1 Å². The van der Waals surface area contributed by atoms with E-state index in [0.717, 1.165) is 37.2 Å². The first kappa shape index (κ1) is 15.8. The number of nitro groups is 1. The van der Waals surface area contributed by atoms with Crippen molar-refractivity contribution in [2.75, 3.05) is 18.4 Å².